The zero-order valence-corrected chi connectivity index (χ0v) is 11.8. The van der Waals surface area contributed by atoms with E-state index in [2.05, 4.69) is 11.1 Å². The van der Waals surface area contributed by atoms with E-state index < -0.39 is 11.1 Å². The van der Waals surface area contributed by atoms with Crippen LogP contribution in [0.5, 0.6) is 0 Å². The molecule has 3 rings (SSSR count). The maximum absolute atomic E-state index is 11.5. The standard InChI is InChI=1S/C14H11NO2S2/c1-17-19(16)11-8-6-10(7-9-11)14-15-12-4-2-3-5-13(12)18-14/h2-9H,1H3. The van der Waals surface area contributed by atoms with Crippen LogP contribution < -0.4 is 0 Å². The third kappa shape index (κ3) is 2.45. The molecule has 1 atom stereocenters. The van der Waals surface area contributed by atoms with Crippen LogP contribution in [0.1, 0.15) is 0 Å². The molecule has 3 nitrogen and oxygen atoms in total. The van der Waals surface area contributed by atoms with E-state index in [1.807, 2.05) is 30.3 Å². The Kier molecular flexibility index (Phi) is 3.42. The van der Waals surface area contributed by atoms with Gasteiger partial charge >= 0.3 is 0 Å². The lowest BCUT2D eigenvalue weighted by Crippen LogP contribution is -1.92. The molecule has 3 aromatic rings. The van der Waals surface area contributed by atoms with Crippen LogP contribution in [0.15, 0.2) is 53.4 Å². The van der Waals surface area contributed by atoms with Gasteiger partial charge in [-0.2, -0.15) is 0 Å². The van der Waals surface area contributed by atoms with Gasteiger partial charge in [0.15, 0.2) is 11.1 Å². The van der Waals surface area contributed by atoms with Crippen molar-refractivity contribution in [3.63, 3.8) is 0 Å². The molecule has 0 fully saturated rings. The molecule has 0 amide bonds. The Hall–Kier alpha value is -1.56. The molecule has 2 aromatic carbocycles. The van der Waals surface area contributed by atoms with E-state index in [0.717, 1.165) is 16.1 Å². The lowest BCUT2D eigenvalue weighted by atomic mass is 10.2. The highest BCUT2D eigenvalue weighted by Gasteiger charge is 2.07. The Morgan fingerprint density at radius 2 is 1.84 bits per heavy atom. The average Bonchev–Trinajstić information content (AvgIpc) is 2.90. The number of hydrogen-bond donors (Lipinski definition) is 0. The van der Waals surface area contributed by atoms with E-state index in [4.69, 9.17) is 4.18 Å². The predicted molar refractivity (Wildman–Crippen MR) is 78.5 cm³/mol. The first-order valence-electron chi connectivity index (χ1n) is 5.70. The minimum Gasteiger partial charge on any atom is -0.290 e. The molecule has 1 aromatic heterocycles. The first-order chi connectivity index (χ1) is 9.28. The molecule has 0 aliphatic heterocycles. The van der Waals surface area contributed by atoms with Gasteiger partial charge in [-0.25, -0.2) is 9.19 Å². The third-order valence-corrected chi connectivity index (χ3v) is 4.78. The summed E-state index contributed by atoms with van der Waals surface area (Å²) in [6, 6.07) is 15.5. The van der Waals surface area contributed by atoms with Gasteiger partial charge in [-0.1, -0.05) is 24.3 Å². The SMILES string of the molecule is COS(=O)c1ccc(-c2nc3ccccc3s2)cc1. The van der Waals surface area contributed by atoms with Gasteiger partial charge in [-0.3, -0.25) is 4.18 Å². The highest BCUT2D eigenvalue weighted by atomic mass is 32.2. The van der Waals surface area contributed by atoms with E-state index in [9.17, 15) is 4.21 Å². The van der Waals surface area contributed by atoms with Gasteiger partial charge < -0.3 is 0 Å². The van der Waals surface area contributed by atoms with E-state index >= 15 is 0 Å². The second-order valence-corrected chi connectivity index (χ2v) is 6.22. The molecule has 96 valence electrons. The van der Waals surface area contributed by atoms with Crippen molar-refractivity contribution in [2.24, 2.45) is 0 Å². The van der Waals surface area contributed by atoms with Crippen LogP contribution in [0, 0.1) is 0 Å². The molecule has 0 saturated heterocycles. The molecule has 0 radical (unpaired) electrons. The molecular formula is C14H11NO2S2. The normalized spacial score (nSPS) is 12.7. The predicted octanol–water partition coefficient (Wildman–Crippen LogP) is 3.63. The van der Waals surface area contributed by atoms with Crippen molar-refractivity contribution in [1.82, 2.24) is 4.98 Å². The zero-order chi connectivity index (χ0) is 13.2. The van der Waals surface area contributed by atoms with Crippen LogP contribution in [0.2, 0.25) is 0 Å². The van der Waals surface area contributed by atoms with Gasteiger partial charge in [0.05, 0.1) is 22.2 Å². The first-order valence-corrected chi connectivity index (χ1v) is 7.59. The number of nitrogens with zero attached hydrogens (tertiary/aromatic N) is 1. The largest absolute Gasteiger partial charge is 0.290 e. The zero-order valence-electron chi connectivity index (χ0n) is 10.2. The first kappa shape index (κ1) is 12.5. The highest BCUT2D eigenvalue weighted by Crippen LogP contribution is 2.30. The summed E-state index contributed by atoms with van der Waals surface area (Å²) in [7, 11) is 1.43. The number of rotatable bonds is 3. The summed E-state index contributed by atoms with van der Waals surface area (Å²) in [5.74, 6) is 0. The van der Waals surface area contributed by atoms with Crippen LogP contribution in [0.25, 0.3) is 20.8 Å². The fourth-order valence-electron chi connectivity index (χ4n) is 1.80. The van der Waals surface area contributed by atoms with Gasteiger partial charge in [0.1, 0.15) is 5.01 Å². The molecular weight excluding hydrogens is 278 g/mol. The summed E-state index contributed by atoms with van der Waals surface area (Å²) in [4.78, 5) is 5.25. The van der Waals surface area contributed by atoms with Gasteiger partial charge in [-0.05, 0) is 24.3 Å². The van der Waals surface area contributed by atoms with E-state index in [-0.39, 0.29) is 0 Å². The Morgan fingerprint density at radius 3 is 2.53 bits per heavy atom. The minimum absolute atomic E-state index is 0.660. The molecule has 19 heavy (non-hydrogen) atoms. The van der Waals surface area contributed by atoms with Crippen molar-refractivity contribution < 1.29 is 8.39 Å². The topological polar surface area (TPSA) is 39.2 Å². The summed E-state index contributed by atoms with van der Waals surface area (Å²) in [5, 5.41) is 0.968. The van der Waals surface area contributed by atoms with Gasteiger partial charge in [0.2, 0.25) is 0 Å². The number of aromatic nitrogens is 1. The highest BCUT2D eigenvalue weighted by molar-refractivity contribution is 7.80. The van der Waals surface area contributed by atoms with Gasteiger partial charge in [0, 0.05) is 5.56 Å². The maximum Gasteiger partial charge on any atom is 0.188 e. The van der Waals surface area contributed by atoms with Crippen LogP contribution in [-0.2, 0) is 15.3 Å². The quantitative estimate of drug-likeness (QED) is 0.739. The molecule has 5 heteroatoms. The van der Waals surface area contributed by atoms with E-state index in [1.54, 1.807) is 23.5 Å². The Bertz CT molecular complexity index is 702. The van der Waals surface area contributed by atoms with Gasteiger partial charge in [-0.15, -0.1) is 11.3 Å². The summed E-state index contributed by atoms with van der Waals surface area (Å²) in [6.07, 6.45) is 0. The number of fused-ring (bicyclic) bond motifs is 1. The summed E-state index contributed by atoms with van der Waals surface area (Å²) >= 11 is 0.265. The van der Waals surface area contributed by atoms with Crippen molar-refractivity contribution >= 4 is 32.6 Å². The van der Waals surface area contributed by atoms with Crippen LogP contribution in [0.4, 0.5) is 0 Å². The average molecular weight is 289 g/mol. The number of hydrogen-bond acceptors (Lipinski definition) is 4. The Labute approximate surface area is 117 Å². The van der Waals surface area contributed by atoms with Gasteiger partial charge in [0.25, 0.3) is 0 Å². The molecule has 0 aliphatic carbocycles. The third-order valence-electron chi connectivity index (χ3n) is 2.74. The molecule has 0 N–H and O–H groups in total. The van der Waals surface area contributed by atoms with Crippen molar-refractivity contribution in [2.45, 2.75) is 4.90 Å². The summed E-state index contributed by atoms with van der Waals surface area (Å²) in [5.41, 5.74) is 2.03. The molecule has 1 heterocycles. The Balaban J connectivity index is 1.99. The lowest BCUT2D eigenvalue weighted by Gasteiger charge is -2.00. The Morgan fingerprint density at radius 1 is 1.11 bits per heavy atom. The summed E-state index contributed by atoms with van der Waals surface area (Å²) < 4.78 is 17.4. The fourth-order valence-corrected chi connectivity index (χ4v) is 3.32. The number of thiazole rings is 1. The fraction of sp³-hybridized carbons (Fsp3) is 0.0714. The van der Waals surface area contributed by atoms with E-state index in [1.165, 1.54) is 11.8 Å². The molecule has 1 unspecified atom stereocenters. The summed E-state index contributed by atoms with van der Waals surface area (Å²) in [6.45, 7) is 0. The van der Waals surface area contributed by atoms with Crippen LogP contribution >= 0.6 is 11.3 Å². The smallest absolute Gasteiger partial charge is 0.188 e. The van der Waals surface area contributed by atoms with Crippen molar-refractivity contribution in [1.29, 1.82) is 0 Å². The van der Waals surface area contributed by atoms with Crippen LogP contribution in [0.3, 0.4) is 0 Å². The maximum atomic E-state index is 11.5. The van der Waals surface area contributed by atoms with Crippen molar-refractivity contribution in [2.75, 3.05) is 7.11 Å². The molecule has 0 saturated carbocycles. The molecule has 0 aliphatic rings. The van der Waals surface area contributed by atoms with Crippen molar-refractivity contribution in [3.8, 4) is 10.6 Å². The molecule has 0 bridgehead atoms. The monoisotopic (exact) mass is 289 g/mol. The van der Waals surface area contributed by atoms with Crippen LogP contribution in [-0.4, -0.2) is 16.3 Å². The molecule has 0 spiro atoms. The number of benzene rings is 2. The second-order valence-electron chi connectivity index (χ2n) is 3.91. The lowest BCUT2D eigenvalue weighted by molar-refractivity contribution is 0.446. The minimum atomic E-state index is -1.39. The second kappa shape index (κ2) is 5.21. The number of para-hydroxylation sites is 1. The van der Waals surface area contributed by atoms with E-state index in [0.29, 0.717) is 4.90 Å². The van der Waals surface area contributed by atoms with Crippen molar-refractivity contribution in [3.05, 3.63) is 48.5 Å².